The van der Waals surface area contributed by atoms with Gasteiger partial charge in [-0.1, -0.05) is 30.3 Å². The number of hydrogen-bond donors (Lipinski definition) is 1. The lowest BCUT2D eigenvalue weighted by molar-refractivity contribution is -0.144. The Bertz CT molecular complexity index is 818. The minimum Gasteiger partial charge on any atom is -0.355 e. The van der Waals surface area contributed by atoms with Crippen molar-refractivity contribution in [2.24, 2.45) is 0 Å². The Morgan fingerprint density at radius 1 is 1.00 bits per heavy atom. The number of anilines is 1. The molecule has 0 bridgehead atoms. The predicted octanol–water partition coefficient (Wildman–Crippen LogP) is 2.86. The van der Waals surface area contributed by atoms with Crippen molar-refractivity contribution in [2.75, 3.05) is 18.4 Å². The molecule has 6 heteroatoms. The highest BCUT2D eigenvalue weighted by Crippen LogP contribution is 2.28. The number of ether oxygens (including phenoxy) is 1. The van der Waals surface area contributed by atoms with E-state index in [4.69, 9.17) is 4.74 Å². The minimum atomic E-state index is -0.618. The molecule has 2 saturated heterocycles. The van der Waals surface area contributed by atoms with Gasteiger partial charge in [-0.15, -0.1) is 0 Å². The summed E-state index contributed by atoms with van der Waals surface area (Å²) in [5.41, 5.74) is 1.84. The van der Waals surface area contributed by atoms with Crippen molar-refractivity contribution in [3.63, 3.8) is 0 Å². The van der Waals surface area contributed by atoms with E-state index >= 15 is 0 Å². The Morgan fingerprint density at radius 2 is 1.74 bits per heavy atom. The maximum Gasteiger partial charge on any atom is 0.254 e. The van der Waals surface area contributed by atoms with Crippen LogP contribution >= 0.6 is 0 Å². The number of nitrogens with one attached hydrogen (secondary N) is 1. The van der Waals surface area contributed by atoms with Crippen LogP contribution in [0.2, 0.25) is 0 Å². The van der Waals surface area contributed by atoms with Gasteiger partial charge in [0.25, 0.3) is 11.8 Å². The van der Waals surface area contributed by atoms with Gasteiger partial charge in [0.15, 0.2) is 0 Å². The molecule has 1 N–H and O–H groups in total. The predicted molar refractivity (Wildman–Crippen MR) is 102 cm³/mol. The van der Waals surface area contributed by atoms with Crippen molar-refractivity contribution < 1.29 is 14.3 Å². The average Bonchev–Trinajstić information content (AvgIpc) is 3.41. The van der Waals surface area contributed by atoms with Crippen LogP contribution in [0.4, 0.5) is 5.82 Å². The fourth-order valence-corrected chi connectivity index (χ4v) is 3.71. The van der Waals surface area contributed by atoms with Gasteiger partial charge in [-0.05, 0) is 43.4 Å². The minimum absolute atomic E-state index is 0.0191. The van der Waals surface area contributed by atoms with Crippen LogP contribution in [0.15, 0.2) is 48.7 Å². The summed E-state index contributed by atoms with van der Waals surface area (Å²) >= 11 is 0. The largest absolute Gasteiger partial charge is 0.355 e. The molecule has 1 aromatic heterocycles. The van der Waals surface area contributed by atoms with Crippen molar-refractivity contribution in [3.8, 4) is 11.1 Å². The van der Waals surface area contributed by atoms with Crippen LogP contribution in [0.5, 0.6) is 0 Å². The quantitative estimate of drug-likeness (QED) is 0.904. The second-order valence-electron chi connectivity index (χ2n) is 6.98. The summed E-state index contributed by atoms with van der Waals surface area (Å²) in [7, 11) is 0. The number of pyridine rings is 1. The zero-order valence-electron chi connectivity index (χ0n) is 15.1. The molecule has 0 saturated carbocycles. The van der Waals surface area contributed by atoms with Crippen LogP contribution in [0.25, 0.3) is 11.1 Å². The van der Waals surface area contributed by atoms with E-state index in [1.54, 1.807) is 6.20 Å². The molecule has 2 aliphatic rings. The van der Waals surface area contributed by atoms with E-state index in [1.807, 2.05) is 47.4 Å². The number of benzene rings is 1. The first-order valence-corrected chi connectivity index (χ1v) is 9.48. The molecule has 3 heterocycles. The van der Waals surface area contributed by atoms with Gasteiger partial charge in [-0.3, -0.25) is 9.59 Å². The zero-order chi connectivity index (χ0) is 18.6. The van der Waals surface area contributed by atoms with E-state index in [2.05, 4.69) is 10.3 Å². The molecule has 2 amide bonds. The van der Waals surface area contributed by atoms with Crippen molar-refractivity contribution in [3.05, 3.63) is 48.7 Å². The number of likely N-dealkylation sites (tertiary alicyclic amines) is 1. The monoisotopic (exact) mass is 365 g/mol. The van der Waals surface area contributed by atoms with E-state index in [0.717, 1.165) is 37.1 Å². The summed E-state index contributed by atoms with van der Waals surface area (Å²) in [6.07, 6.45) is 3.75. The van der Waals surface area contributed by atoms with Gasteiger partial charge < -0.3 is 15.0 Å². The standard InChI is InChI=1S/C21H23N3O3/c25-20(17-10-11-18(27-17)21(26)24-13-4-5-14-24)23-19-16(9-6-12-22-19)15-7-2-1-3-8-15/h1-3,6-9,12,17-18H,4-5,10-11,13-14H2,(H,22,23,25)/t17-,18+/m0/s1. The fourth-order valence-electron chi connectivity index (χ4n) is 3.71. The SMILES string of the molecule is O=C(Nc1ncccc1-c1ccccc1)[C@@H]1CC[C@H](C(=O)N2CCCC2)O1. The number of nitrogens with zero attached hydrogens (tertiary/aromatic N) is 2. The summed E-state index contributed by atoms with van der Waals surface area (Å²) in [4.78, 5) is 31.3. The molecule has 27 heavy (non-hydrogen) atoms. The third kappa shape index (κ3) is 3.85. The highest BCUT2D eigenvalue weighted by molar-refractivity contribution is 5.97. The number of carbonyl (C=O) groups is 2. The molecule has 2 aliphatic heterocycles. The molecule has 4 rings (SSSR count). The van der Waals surface area contributed by atoms with E-state index < -0.39 is 12.2 Å². The van der Waals surface area contributed by atoms with Gasteiger partial charge >= 0.3 is 0 Å². The molecule has 0 unspecified atom stereocenters. The van der Waals surface area contributed by atoms with Crippen LogP contribution in [0.1, 0.15) is 25.7 Å². The van der Waals surface area contributed by atoms with E-state index in [-0.39, 0.29) is 11.8 Å². The summed E-state index contributed by atoms with van der Waals surface area (Å²) in [5, 5.41) is 2.88. The van der Waals surface area contributed by atoms with E-state index in [9.17, 15) is 9.59 Å². The fraction of sp³-hybridized carbons (Fsp3) is 0.381. The highest BCUT2D eigenvalue weighted by Gasteiger charge is 2.37. The molecule has 1 aromatic carbocycles. The second kappa shape index (κ2) is 7.88. The third-order valence-electron chi connectivity index (χ3n) is 5.14. The van der Waals surface area contributed by atoms with Crippen molar-refractivity contribution >= 4 is 17.6 Å². The molecule has 2 aromatic rings. The number of amides is 2. The van der Waals surface area contributed by atoms with Crippen LogP contribution in [0.3, 0.4) is 0 Å². The van der Waals surface area contributed by atoms with Gasteiger partial charge in [0.05, 0.1) is 0 Å². The molecule has 0 spiro atoms. The van der Waals surface area contributed by atoms with E-state index in [1.165, 1.54) is 0 Å². The molecule has 0 aliphatic carbocycles. The van der Waals surface area contributed by atoms with E-state index in [0.29, 0.717) is 18.7 Å². The normalized spacial score (nSPS) is 22.0. The lowest BCUT2D eigenvalue weighted by atomic mass is 10.1. The topological polar surface area (TPSA) is 71.5 Å². The molecule has 2 atom stereocenters. The summed E-state index contributed by atoms with van der Waals surface area (Å²) in [5.74, 6) is 0.278. The first kappa shape index (κ1) is 17.7. The molecular formula is C21H23N3O3. The van der Waals surface area contributed by atoms with Gasteiger partial charge in [0.1, 0.15) is 18.0 Å². The lowest BCUT2D eigenvalue weighted by Crippen LogP contribution is -2.38. The summed E-state index contributed by atoms with van der Waals surface area (Å²) in [6.45, 7) is 1.59. The summed E-state index contributed by atoms with van der Waals surface area (Å²) < 4.78 is 5.78. The second-order valence-corrected chi connectivity index (χ2v) is 6.98. The van der Waals surface area contributed by atoms with Crippen LogP contribution in [-0.2, 0) is 14.3 Å². The Labute approximate surface area is 158 Å². The zero-order valence-corrected chi connectivity index (χ0v) is 15.1. The first-order chi connectivity index (χ1) is 13.2. The smallest absolute Gasteiger partial charge is 0.254 e. The molecule has 140 valence electrons. The Balaban J connectivity index is 1.42. The molecule has 6 nitrogen and oxygen atoms in total. The van der Waals surface area contributed by atoms with Gasteiger partial charge in [0, 0.05) is 24.8 Å². The Morgan fingerprint density at radius 3 is 2.52 bits per heavy atom. The maximum atomic E-state index is 12.7. The van der Waals surface area contributed by atoms with Crippen LogP contribution in [0, 0.1) is 0 Å². The maximum absolute atomic E-state index is 12.7. The lowest BCUT2D eigenvalue weighted by Gasteiger charge is -2.20. The molecule has 2 fully saturated rings. The first-order valence-electron chi connectivity index (χ1n) is 9.48. The Hall–Kier alpha value is -2.73. The van der Waals surface area contributed by atoms with Crippen LogP contribution < -0.4 is 5.32 Å². The average molecular weight is 365 g/mol. The van der Waals surface area contributed by atoms with Gasteiger partial charge in [-0.25, -0.2) is 4.98 Å². The van der Waals surface area contributed by atoms with Crippen LogP contribution in [-0.4, -0.2) is 47.0 Å². The van der Waals surface area contributed by atoms with Gasteiger partial charge in [-0.2, -0.15) is 0 Å². The van der Waals surface area contributed by atoms with Crippen molar-refractivity contribution in [1.29, 1.82) is 0 Å². The highest BCUT2D eigenvalue weighted by atomic mass is 16.5. The molecular weight excluding hydrogens is 342 g/mol. The van der Waals surface area contributed by atoms with Crippen molar-refractivity contribution in [2.45, 2.75) is 37.9 Å². The Kier molecular flexibility index (Phi) is 5.16. The summed E-state index contributed by atoms with van der Waals surface area (Å²) in [6, 6.07) is 13.6. The number of carbonyl (C=O) groups excluding carboxylic acids is 2. The third-order valence-corrected chi connectivity index (χ3v) is 5.14. The number of hydrogen-bond acceptors (Lipinski definition) is 4. The van der Waals surface area contributed by atoms with Gasteiger partial charge in [0.2, 0.25) is 0 Å². The van der Waals surface area contributed by atoms with Crippen molar-refractivity contribution in [1.82, 2.24) is 9.88 Å². The molecule has 0 radical (unpaired) electrons. The number of aromatic nitrogens is 1. The number of rotatable bonds is 4.